The number of amides is 1. The van der Waals surface area contributed by atoms with Crippen molar-refractivity contribution in [1.29, 1.82) is 0 Å². The van der Waals surface area contributed by atoms with Crippen molar-refractivity contribution in [2.24, 2.45) is 0 Å². The summed E-state index contributed by atoms with van der Waals surface area (Å²) in [5.74, 6) is 0.171. The van der Waals surface area contributed by atoms with Gasteiger partial charge in [0.2, 0.25) is 0 Å². The number of hydrogen-bond acceptors (Lipinski definition) is 3. The standard InChI is InChI=1S/C23H36N4O/c1-25(2)13-7-15-27(16-8-14-26(3)4)23(28)18-11-12-22-20(17-18)19-9-5-6-10-21(19)24-22/h11-12,17,24H,5-10,13-16H2,1-4H3. The molecule has 0 spiro atoms. The number of aryl methyl sites for hydroxylation is 2. The van der Waals surface area contributed by atoms with Gasteiger partial charge < -0.3 is 19.7 Å². The van der Waals surface area contributed by atoms with Crippen molar-refractivity contribution in [1.82, 2.24) is 19.7 Å². The molecule has 1 N–H and O–H groups in total. The van der Waals surface area contributed by atoms with Gasteiger partial charge in [0, 0.05) is 35.2 Å². The smallest absolute Gasteiger partial charge is 0.253 e. The average Bonchev–Trinajstić information content (AvgIpc) is 3.03. The number of nitrogens with one attached hydrogen (secondary N) is 1. The SMILES string of the molecule is CN(C)CCCN(CCCN(C)C)C(=O)c1ccc2[nH]c3c(c2c1)CCCC3. The molecule has 1 heterocycles. The van der Waals surface area contributed by atoms with Gasteiger partial charge in [-0.3, -0.25) is 4.79 Å². The third-order valence-corrected chi connectivity index (χ3v) is 5.70. The number of nitrogens with zero attached hydrogens (tertiary/aromatic N) is 3. The van der Waals surface area contributed by atoms with Gasteiger partial charge in [-0.2, -0.15) is 0 Å². The Labute approximate surface area is 169 Å². The Hall–Kier alpha value is -1.85. The second kappa shape index (κ2) is 9.57. The van der Waals surface area contributed by atoms with E-state index in [1.165, 1.54) is 35.0 Å². The summed E-state index contributed by atoms with van der Waals surface area (Å²) in [6.07, 6.45) is 6.78. The van der Waals surface area contributed by atoms with Gasteiger partial charge in [-0.15, -0.1) is 0 Å². The summed E-state index contributed by atoms with van der Waals surface area (Å²) in [6, 6.07) is 6.22. The summed E-state index contributed by atoms with van der Waals surface area (Å²) in [7, 11) is 8.34. The Bertz CT molecular complexity index is 779. The Morgan fingerprint density at radius 3 is 2.21 bits per heavy atom. The zero-order valence-electron chi connectivity index (χ0n) is 18.1. The normalized spacial score (nSPS) is 14.1. The van der Waals surface area contributed by atoms with E-state index in [1.54, 1.807) is 0 Å². The highest BCUT2D eigenvalue weighted by Crippen LogP contribution is 2.30. The van der Waals surface area contributed by atoms with Gasteiger partial charge in [0.05, 0.1) is 0 Å². The van der Waals surface area contributed by atoms with Crippen LogP contribution in [-0.2, 0) is 12.8 Å². The molecule has 1 amide bonds. The predicted octanol–water partition coefficient (Wildman–Crippen LogP) is 3.39. The van der Waals surface area contributed by atoms with E-state index in [0.717, 1.165) is 57.4 Å². The van der Waals surface area contributed by atoms with Crippen LogP contribution in [0.3, 0.4) is 0 Å². The van der Waals surface area contributed by atoms with Gasteiger partial charge in [-0.25, -0.2) is 0 Å². The summed E-state index contributed by atoms with van der Waals surface area (Å²) in [5.41, 5.74) is 4.81. The summed E-state index contributed by atoms with van der Waals surface area (Å²) in [4.78, 5) is 23.3. The van der Waals surface area contributed by atoms with Crippen LogP contribution >= 0.6 is 0 Å². The molecular formula is C23H36N4O. The lowest BCUT2D eigenvalue weighted by atomic mass is 9.95. The molecule has 0 fully saturated rings. The van der Waals surface area contributed by atoms with Crippen LogP contribution in [-0.4, -0.2) is 80.0 Å². The highest BCUT2D eigenvalue weighted by atomic mass is 16.2. The quantitative estimate of drug-likeness (QED) is 0.721. The Balaban J connectivity index is 1.77. The fourth-order valence-electron chi connectivity index (χ4n) is 4.19. The molecule has 1 aliphatic rings. The van der Waals surface area contributed by atoms with Crippen LogP contribution in [0.15, 0.2) is 18.2 Å². The van der Waals surface area contributed by atoms with E-state index in [0.29, 0.717) is 0 Å². The molecule has 1 aromatic carbocycles. The number of benzene rings is 1. The molecule has 5 heteroatoms. The maximum atomic E-state index is 13.3. The van der Waals surface area contributed by atoms with Crippen molar-refractivity contribution in [3.05, 3.63) is 35.0 Å². The number of H-pyrrole nitrogens is 1. The lowest BCUT2D eigenvalue weighted by Gasteiger charge is -2.24. The van der Waals surface area contributed by atoms with Gasteiger partial charge in [-0.1, -0.05) is 0 Å². The molecule has 0 radical (unpaired) electrons. The van der Waals surface area contributed by atoms with Gasteiger partial charge in [0.1, 0.15) is 0 Å². The molecule has 0 atom stereocenters. The summed E-state index contributed by atoms with van der Waals surface area (Å²) in [5, 5.41) is 1.25. The lowest BCUT2D eigenvalue weighted by molar-refractivity contribution is 0.0745. The minimum atomic E-state index is 0.171. The number of rotatable bonds is 9. The lowest BCUT2D eigenvalue weighted by Crippen LogP contribution is -2.35. The molecule has 154 valence electrons. The number of carbonyl (C=O) groups excluding carboxylic acids is 1. The van der Waals surface area contributed by atoms with Crippen molar-refractivity contribution in [3.63, 3.8) is 0 Å². The van der Waals surface area contributed by atoms with E-state index in [9.17, 15) is 4.79 Å². The maximum absolute atomic E-state index is 13.3. The first-order valence-electron chi connectivity index (χ1n) is 10.7. The highest BCUT2D eigenvalue weighted by molar-refractivity contribution is 5.99. The molecule has 3 rings (SSSR count). The number of carbonyl (C=O) groups is 1. The van der Waals surface area contributed by atoms with E-state index in [-0.39, 0.29) is 5.91 Å². The fourth-order valence-corrected chi connectivity index (χ4v) is 4.19. The molecule has 0 saturated carbocycles. The van der Waals surface area contributed by atoms with Crippen molar-refractivity contribution in [2.75, 3.05) is 54.4 Å². The van der Waals surface area contributed by atoms with E-state index in [1.807, 2.05) is 11.0 Å². The summed E-state index contributed by atoms with van der Waals surface area (Å²) in [6.45, 7) is 3.63. The van der Waals surface area contributed by atoms with Crippen molar-refractivity contribution in [2.45, 2.75) is 38.5 Å². The molecular weight excluding hydrogens is 348 g/mol. The Kier molecular flexibility index (Phi) is 7.13. The van der Waals surface area contributed by atoms with Gasteiger partial charge in [0.25, 0.3) is 5.91 Å². The fraction of sp³-hybridized carbons (Fsp3) is 0.609. The van der Waals surface area contributed by atoms with Crippen LogP contribution in [0.2, 0.25) is 0 Å². The molecule has 1 aromatic heterocycles. The van der Waals surface area contributed by atoms with Gasteiger partial charge >= 0.3 is 0 Å². The molecule has 0 bridgehead atoms. The first-order valence-corrected chi connectivity index (χ1v) is 10.7. The molecule has 1 aliphatic carbocycles. The Morgan fingerprint density at radius 1 is 0.929 bits per heavy atom. The van der Waals surface area contributed by atoms with Crippen LogP contribution in [0.25, 0.3) is 10.9 Å². The number of fused-ring (bicyclic) bond motifs is 3. The molecule has 0 saturated heterocycles. The zero-order chi connectivity index (χ0) is 20.1. The third kappa shape index (κ3) is 5.15. The second-order valence-corrected chi connectivity index (χ2v) is 8.66. The van der Waals surface area contributed by atoms with Crippen molar-refractivity contribution < 1.29 is 4.79 Å². The van der Waals surface area contributed by atoms with Gasteiger partial charge in [0.15, 0.2) is 0 Å². The minimum absolute atomic E-state index is 0.171. The van der Waals surface area contributed by atoms with E-state index >= 15 is 0 Å². The maximum Gasteiger partial charge on any atom is 0.253 e. The van der Waals surface area contributed by atoms with Crippen LogP contribution in [0.4, 0.5) is 0 Å². The number of aromatic amines is 1. The summed E-state index contributed by atoms with van der Waals surface area (Å²) < 4.78 is 0. The van der Waals surface area contributed by atoms with Crippen LogP contribution in [0.5, 0.6) is 0 Å². The Morgan fingerprint density at radius 2 is 1.57 bits per heavy atom. The zero-order valence-corrected chi connectivity index (χ0v) is 18.1. The van der Waals surface area contributed by atoms with Crippen LogP contribution in [0, 0.1) is 0 Å². The van der Waals surface area contributed by atoms with Crippen molar-refractivity contribution >= 4 is 16.8 Å². The van der Waals surface area contributed by atoms with E-state index < -0.39 is 0 Å². The molecule has 28 heavy (non-hydrogen) atoms. The number of aromatic nitrogens is 1. The number of hydrogen-bond donors (Lipinski definition) is 1. The van der Waals surface area contributed by atoms with Crippen molar-refractivity contribution in [3.8, 4) is 0 Å². The largest absolute Gasteiger partial charge is 0.358 e. The topological polar surface area (TPSA) is 42.6 Å². The molecule has 0 unspecified atom stereocenters. The van der Waals surface area contributed by atoms with Gasteiger partial charge in [-0.05, 0) is 104 Å². The summed E-state index contributed by atoms with van der Waals surface area (Å²) >= 11 is 0. The van der Waals surface area contributed by atoms with E-state index in [4.69, 9.17) is 0 Å². The third-order valence-electron chi connectivity index (χ3n) is 5.70. The molecule has 0 aliphatic heterocycles. The van der Waals surface area contributed by atoms with Crippen LogP contribution < -0.4 is 0 Å². The minimum Gasteiger partial charge on any atom is -0.358 e. The first-order chi connectivity index (χ1) is 13.5. The highest BCUT2D eigenvalue weighted by Gasteiger charge is 2.19. The molecule has 2 aromatic rings. The monoisotopic (exact) mass is 384 g/mol. The average molecular weight is 385 g/mol. The second-order valence-electron chi connectivity index (χ2n) is 8.66. The predicted molar refractivity (Wildman–Crippen MR) is 117 cm³/mol. The van der Waals surface area contributed by atoms with Crippen LogP contribution in [0.1, 0.15) is 47.3 Å². The molecule has 5 nitrogen and oxygen atoms in total. The van der Waals surface area contributed by atoms with E-state index in [2.05, 4.69) is 55.1 Å². The first kappa shape index (κ1) is 20.9.